The largest absolute Gasteiger partial charge is 0.493 e. The van der Waals surface area contributed by atoms with Crippen LogP contribution in [0.5, 0.6) is 11.5 Å². The van der Waals surface area contributed by atoms with Crippen molar-refractivity contribution in [3.05, 3.63) is 76.8 Å². The van der Waals surface area contributed by atoms with Crippen molar-refractivity contribution >= 4 is 40.7 Å². The summed E-state index contributed by atoms with van der Waals surface area (Å²) in [6.45, 7) is 1.98. The van der Waals surface area contributed by atoms with Crippen molar-refractivity contribution in [3.8, 4) is 27.8 Å². The summed E-state index contributed by atoms with van der Waals surface area (Å²) in [5, 5.41) is 3.00. The number of thiophene rings is 1. The number of methoxy groups -OCH3 is 2. The predicted molar refractivity (Wildman–Crippen MR) is 153 cm³/mol. The molecule has 0 saturated carbocycles. The molecule has 4 aromatic rings. The third-order valence-electron chi connectivity index (χ3n) is 6.86. The third kappa shape index (κ3) is 5.65. The lowest BCUT2D eigenvalue weighted by Crippen LogP contribution is -2.47. The van der Waals surface area contributed by atoms with Gasteiger partial charge in [-0.3, -0.25) is 19.5 Å². The van der Waals surface area contributed by atoms with E-state index in [-0.39, 0.29) is 24.3 Å². The number of amides is 2. The van der Waals surface area contributed by atoms with Crippen molar-refractivity contribution < 1.29 is 19.1 Å². The molecule has 2 atom stereocenters. The van der Waals surface area contributed by atoms with Crippen molar-refractivity contribution in [2.24, 2.45) is 0 Å². The molecule has 2 aromatic carbocycles. The van der Waals surface area contributed by atoms with Gasteiger partial charge in [-0.15, -0.1) is 11.3 Å². The number of para-hydroxylation sites is 1. The van der Waals surface area contributed by atoms with E-state index in [9.17, 15) is 9.59 Å². The second-order valence-corrected chi connectivity index (χ2v) is 11.1. The van der Waals surface area contributed by atoms with Gasteiger partial charge in [0.05, 0.1) is 29.9 Å². The first kappa shape index (κ1) is 26.8. The lowest BCUT2D eigenvalue weighted by Gasteiger charge is -2.28. The van der Waals surface area contributed by atoms with Gasteiger partial charge in [-0.1, -0.05) is 35.9 Å². The Hall–Kier alpha value is -3.82. The van der Waals surface area contributed by atoms with E-state index in [1.54, 1.807) is 31.3 Å². The van der Waals surface area contributed by atoms with E-state index in [0.717, 1.165) is 22.5 Å². The normalized spacial score (nSPS) is 16.8. The molecule has 2 amide bonds. The standard InChI is InChI=1S/C29H29ClN4O4S/c1-18-9-11-22(34(18)27(35)16-19-10-12-23(37-2)24(15-19)38-3)28(36)32-29-31-21(25-13-14-26(30)39-25)17-33(29)20-7-5-4-6-8-20/h4-8,10,12-15,17-18,22H,9,11,16H2,1-3H3,(H,31,32,36). The Bertz CT molecular complexity index is 1490. The summed E-state index contributed by atoms with van der Waals surface area (Å²) in [4.78, 5) is 34.4. The Morgan fingerprint density at radius 1 is 1.05 bits per heavy atom. The van der Waals surface area contributed by atoms with Gasteiger partial charge >= 0.3 is 0 Å². The van der Waals surface area contributed by atoms with E-state index in [1.165, 1.54) is 11.3 Å². The Morgan fingerprint density at radius 2 is 1.82 bits per heavy atom. The second-order valence-electron chi connectivity index (χ2n) is 9.36. The SMILES string of the molecule is COc1ccc(CC(=O)N2C(C)CCC2C(=O)Nc2nc(-c3ccc(Cl)s3)cn2-c2ccccc2)cc1OC. The number of aromatic nitrogens is 2. The fraction of sp³-hybridized carbons (Fsp3) is 0.276. The lowest BCUT2D eigenvalue weighted by atomic mass is 10.1. The number of halogens is 1. The molecule has 202 valence electrons. The fourth-order valence-electron chi connectivity index (χ4n) is 4.94. The number of imidazole rings is 1. The predicted octanol–water partition coefficient (Wildman–Crippen LogP) is 5.83. The van der Waals surface area contributed by atoms with E-state index in [0.29, 0.717) is 33.9 Å². The van der Waals surface area contributed by atoms with E-state index in [4.69, 9.17) is 26.1 Å². The van der Waals surface area contributed by atoms with Crippen LogP contribution in [0.3, 0.4) is 0 Å². The number of benzene rings is 2. The molecule has 0 bridgehead atoms. The molecule has 0 radical (unpaired) electrons. The first-order chi connectivity index (χ1) is 18.9. The summed E-state index contributed by atoms with van der Waals surface area (Å²) in [5.41, 5.74) is 2.34. The van der Waals surface area contributed by atoms with Crippen LogP contribution in [0, 0.1) is 0 Å². The smallest absolute Gasteiger partial charge is 0.249 e. The summed E-state index contributed by atoms with van der Waals surface area (Å²) in [7, 11) is 3.13. The molecule has 1 fully saturated rings. The van der Waals surface area contributed by atoms with Gasteiger partial charge in [-0.25, -0.2) is 4.98 Å². The number of nitrogens with one attached hydrogen (secondary N) is 1. The van der Waals surface area contributed by atoms with Crippen LogP contribution < -0.4 is 14.8 Å². The van der Waals surface area contributed by atoms with Gasteiger partial charge in [-0.2, -0.15) is 0 Å². The lowest BCUT2D eigenvalue weighted by molar-refractivity contribution is -0.137. The Morgan fingerprint density at radius 3 is 2.51 bits per heavy atom. The minimum atomic E-state index is -0.604. The molecule has 5 rings (SSSR count). The number of likely N-dealkylation sites (tertiary alicyclic amines) is 1. The highest BCUT2D eigenvalue weighted by Crippen LogP contribution is 2.33. The molecule has 1 aliphatic rings. The molecular weight excluding hydrogens is 536 g/mol. The molecule has 8 nitrogen and oxygen atoms in total. The van der Waals surface area contributed by atoms with Crippen LogP contribution in [0.2, 0.25) is 4.34 Å². The average molecular weight is 565 g/mol. The molecule has 1 N–H and O–H groups in total. The van der Waals surface area contributed by atoms with Crippen LogP contribution >= 0.6 is 22.9 Å². The maximum Gasteiger partial charge on any atom is 0.249 e. The van der Waals surface area contributed by atoms with Gasteiger partial charge in [0.2, 0.25) is 17.8 Å². The third-order valence-corrected chi connectivity index (χ3v) is 8.12. The summed E-state index contributed by atoms with van der Waals surface area (Å²) in [5.74, 6) is 1.16. The molecule has 39 heavy (non-hydrogen) atoms. The van der Waals surface area contributed by atoms with Crippen LogP contribution in [0.1, 0.15) is 25.3 Å². The molecule has 2 unspecified atom stereocenters. The minimum Gasteiger partial charge on any atom is -0.493 e. The van der Waals surface area contributed by atoms with Gasteiger partial charge in [0.25, 0.3) is 0 Å². The van der Waals surface area contributed by atoms with Crippen LogP contribution in [0.4, 0.5) is 5.95 Å². The number of rotatable bonds is 8. The summed E-state index contributed by atoms with van der Waals surface area (Å²) in [6, 6.07) is 18.1. The summed E-state index contributed by atoms with van der Waals surface area (Å²) < 4.78 is 13.2. The van der Waals surface area contributed by atoms with E-state index in [2.05, 4.69) is 5.32 Å². The highest BCUT2D eigenvalue weighted by Gasteiger charge is 2.39. The second kappa shape index (κ2) is 11.5. The number of hydrogen-bond donors (Lipinski definition) is 1. The molecule has 1 aliphatic heterocycles. The topological polar surface area (TPSA) is 85.7 Å². The molecule has 10 heteroatoms. The zero-order chi connectivity index (χ0) is 27.5. The molecular formula is C29H29ClN4O4S. The number of anilines is 1. The van der Waals surface area contributed by atoms with Crippen molar-refractivity contribution in [1.82, 2.24) is 14.5 Å². The van der Waals surface area contributed by atoms with E-state index in [1.807, 2.05) is 66.2 Å². The zero-order valence-electron chi connectivity index (χ0n) is 21.9. The summed E-state index contributed by atoms with van der Waals surface area (Å²) >= 11 is 7.58. The van der Waals surface area contributed by atoms with Gasteiger partial charge in [0.15, 0.2) is 11.5 Å². The monoisotopic (exact) mass is 564 g/mol. The quantitative estimate of drug-likeness (QED) is 0.291. The Labute approximate surface area is 236 Å². The van der Waals surface area contributed by atoms with Crippen molar-refractivity contribution in [3.63, 3.8) is 0 Å². The number of carbonyl (C=O) groups excluding carboxylic acids is 2. The molecule has 2 aromatic heterocycles. The minimum absolute atomic E-state index is 0.0638. The molecule has 0 spiro atoms. The number of nitrogens with zero attached hydrogens (tertiary/aromatic N) is 3. The Balaban J connectivity index is 1.38. The molecule has 1 saturated heterocycles. The van der Waals surface area contributed by atoms with Gasteiger partial charge < -0.3 is 14.4 Å². The van der Waals surface area contributed by atoms with Gasteiger partial charge in [0.1, 0.15) is 11.7 Å². The maximum absolute atomic E-state index is 13.6. The number of ether oxygens (including phenoxy) is 2. The van der Waals surface area contributed by atoms with Crippen LogP contribution in [0.25, 0.3) is 16.3 Å². The number of hydrogen-bond acceptors (Lipinski definition) is 6. The van der Waals surface area contributed by atoms with E-state index >= 15 is 0 Å². The Kier molecular flexibility index (Phi) is 7.90. The average Bonchev–Trinajstić information content (AvgIpc) is 3.67. The highest BCUT2D eigenvalue weighted by atomic mass is 35.5. The highest BCUT2D eigenvalue weighted by molar-refractivity contribution is 7.19. The first-order valence-electron chi connectivity index (χ1n) is 12.6. The van der Waals surface area contributed by atoms with Crippen LogP contribution in [-0.4, -0.2) is 52.6 Å². The number of carbonyl (C=O) groups is 2. The summed E-state index contributed by atoms with van der Waals surface area (Å²) in [6.07, 6.45) is 3.34. The zero-order valence-corrected chi connectivity index (χ0v) is 23.5. The molecule has 0 aliphatic carbocycles. The van der Waals surface area contributed by atoms with Crippen LogP contribution in [-0.2, 0) is 16.0 Å². The maximum atomic E-state index is 13.6. The van der Waals surface area contributed by atoms with Crippen molar-refractivity contribution in [1.29, 1.82) is 0 Å². The van der Waals surface area contributed by atoms with Crippen molar-refractivity contribution in [2.75, 3.05) is 19.5 Å². The fourth-order valence-corrected chi connectivity index (χ4v) is 5.93. The first-order valence-corrected chi connectivity index (χ1v) is 13.8. The van der Waals surface area contributed by atoms with Crippen LogP contribution in [0.15, 0.2) is 66.9 Å². The van der Waals surface area contributed by atoms with Gasteiger partial charge in [-0.05, 0) is 61.7 Å². The van der Waals surface area contributed by atoms with Gasteiger partial charge in [0, 0.05) is 17.9 Å². The molecule has 3 heterocycles. The van der Waals surface area contributed by atoms with Crippen molar-refractivity contribution in [2.45, 2.75) is 38.3 Å². The van der Waals surface area contributed by atoms with E-state index < -0.39 is 6.04 Å².